The van der Waals surface area contributed by atoms with Gasteiger partial charge in [0, 0.05) is 12.8 Å². The van der Waals surface area contributed by atoms with Gasteiger partial charge in [0.25, 0.3) is 0 Å². The number of rotatable bonds is 37. The lowest BCUT2D eigenvalue weighted by atomic mass is 10.1. The molecule has 0 bridgehead atoms. The normalized spacial score (nSPS) is 14.0. The lowest BCUT2D eigenvalue weighted by molar-refractivity contribution is -0.870. The number of hydrogen-bond acceptors (Lipinski definition) is 7. The molecule has 0 spiro atoms. The van der Waals surface area contributed by atoms with E-state index >= 15 is 0 Å². The SMILES string of the molecule is CCCCCCCCC/C=C\C/C=C\C/C=C\CCC(=O)OC(COC(=O)CCCCCCCCCCCCC)COP(=O)(O)OCC[N+](C)(C)C. The van der Waals surface area contributed by atoms with Gasteiger partial charge in [-0.25, -0.2) is 4.57 Å². The fraction of sp³-hybridized carbons (Fsp3) is 0.810. The van der Waals surface area contributed by atoms with E-state index in [1.165, 1.54) is 96.3 Å². The predicted molar refractivity (Wildman–Crippen MR) is 215 cm³/mol. The second kappa shape index (κ2) is 35.0. The Balaban J connectivity index is 4.50. The average Bonchev–Trinajstić information content (AvgIpc) is 3.09. The number of hydrogen-bond donors (Lipinski definition) is 1. The van der Waals surface area contributed by atoms with E-state index in [4.69, 9.17) is 18.5 Å². The summed E-state index contributed by atoms with van der Waals surface area (Å²) in [7, 11) is 1.44. The molecule has 304 valence electrons. The van der Waals surface area contributed by atoms with Crippen molar-refractivity contribution in [1.29, 1.82) is 0 Å². The molecule has 0 aliphatic carbocycles. The van der Waals surface area contributed by atoms with Crippen LogP contribution < -0.4 is 0 Å². The minimum absolute atomic E-state index is 0.0210. The Hall–Kier alpha value is -1.77. The summed E-state index contributed by atoms with van der Waals surface area (Å²) in [6, 6.07) is 0. The van der Waals surface area contributed by atoms with E-state index in [-0.39, 0.29) is 32.0 Å². The third-order valence-electron chi connectivity index (χ3n) is 8.69. The van der Waals surface area contributed by atoms with Gasteiger partial charge in [0.05, 0.1) is 27.7 Å². The zero-order valence-electron chi connectivity index (χ0n) is 34.0. The van der Waals surface area contributed by atoms with E-state index in [0.29, 0.717) is 17.4 Å². The molecule has 0 saturated heterocycles. The molecule has 9 nitrogen and oxygen atoms in total. The minimum Gasteiger partial charge on any atom is -0.462 e. The molecule has 1 N–H and O–H groups in total. The Bertz CT molecular complexity index is 991. The maximum Gasteiger partial charge on any atom is 0.472 e. The van der Waals surface area contributed by atoms with Gasteiger partial charge in [-0.1, -0.05) is 153 Å². The van der Waals surface area contributed by atoms with E-state index in [0.717, 1.165) is 38.5 Å². The molecule has 0 aliphatic rings. The van der Waals surface area contributed by atoms with Crippen LogP contribution in [0, 0.1) is 0 Å². The number of nitrogens with zero attached hydrogens (tertiary/aromatic N) is 1. The number of phosphoric ester groups is 1. The number of likely N-dealkylation sites (N-methyl/N-ethyl adjacent to an activating group) is 1. The van der Waals surface area contributed by atoms with Crippen molar-refractivity contribution in [3.63, 3.8) is 0 Å². The zero-order valence-corrected chi connectivity index (χ0v) is 34.9. The maximum absolute atomic E-state index is 12.6. The van der Waals surface area contributed by atoms with Crippen molar-refractivity contribution in [1.82, 2.24) is 0 Å². The highest BCUT2D eigenvalue weighted by molar-refractivity contribution is 7.47. The number of quaternary nitrogens is 1. The van der Waals surface area contributed by atoms with Crippen molar-refractivity contribution in [3.05, 3.63) is 36.5 Å². The summed E-state index contributed by atoms with van der Waals surface area (Å²) in [5.41, 5.74) is 0. The Labute approximate surface area is 319 Å². The van der Waals surface area contributed by atoms with Crippen LogP contribution in [0.15, 0.2) is 36.5 Å². The quantitative estimate of drug-likeness (QED) is 0.0219. The van der Waals surface area contributed by atoms with Crippen LogP contribution in [0.3, 0.4) is 0 Å². The van der Waals surface area contributed by atoms with Crippen LogP contribution >= 0.6 is 7.82 Å². The summed E-state index contributed by atoms with van der Waals surface area (Å²) >= 11 is 0. The maximum atomic E-state index is 12.6. The summed E-state index contributed by atoms with van der Waals surface area (Å²) < 4.78 is 34.1. The molecule has 0 fully saturated rings. The predicted octanol–water partition coefficient (Wildman–Crippen LogP) is 11.4. The van der Waals surface area contributed by atoms with Gasteiger partial charge < -0.3 is 18.9 Å². The van der Waals surface area contributed by atoms with E-state index in [2.05, 4.69) is 38.2 Å². The summed E-state index contributed by atoms with van der Waals surface area (Å²) in [5.74, 6) is -0.886. The van der Waals surface area contributed by atoms with Crippen LogP contribution in [-0.4, -0.2) is 74.9 Å². The number of unbranched alkanes of at least 4 members (excludes halogenated alkanes) is 17. The number of carbonyl (C=O) groups is 2. The number of ether oxygens (including phenoxy) is 2. The molecule has 0 aromatic carbocycles. The van der Waals surface area contributed by atoms with Gasteiger partial charge in [-0.2, -0.15) is 0 Å². The lowest BCUT2D eigenvalue weighted by Gasteiger charge is -2.24. The number of carbonyl (C=O) groups excluding carboxylic acids is 2. The van der Waals surface area contributed by atoms with Crippen molar-refractivity contribution in [2.24, 2.45) is 0 Å². The molecular formula is C42H79NO8P+. The largest absolute Gasteiger partial charge is 0.472 e. The Kier molecular flexibility index (Phi) is 33.8. The molecule has 10 heteroatoms. The lowest BCUT2D eigenvalue weighted by Crippen LogP contribution is -2.37. The monoisotopic (exact) mass is 757 g/mol. The van der Waals surface area contributed by atoms with Crippen molar-refractivity contribution in [2.45, 2.75) is 174 Å². The van der Waals surface area contributed by atoms with Crippen molar-refractivity contribution in [2.75, 3.05) is 47.5 Å². The first-order valence-corrected chi connectivity index (χ1v) is 22.2. The van der Waals surface area contributed by atoms with Crippen LogP contribution in [0.1, 0.15) is 168 Å². The molecular weight excluding hydrogens is 677 g/mol. The Morgan fingerprint density at radius 3 is 1.62 bits per heavy atom. The first-order chi connectivity index (χ1) is 25.0. The molecule has 52 heavy (non-hydrogen) atoms. The molecule has 0 heterocycles. The van der Waals surface area contributed by atoms with Crippen molar-refractivity contribution < 1.29 is 42.1 Å². The van der Waals surface area contributed by atoms with Gasteiger partial charge in [-0.05, 0) is 38.5 Å². The molecule has 2 atom stereocenters. The fourth-order valence-corrected chi connectivity index (χ4v) is 6.14. The minimum atomic E-state index is -4.38. The van der Waals surface area contributed by atoms with Gasteiger partial charge >= 0.3 is 19.8 Å². The van der Waals surface area contributed by atoms with E-state index in [1.54, 1.807) is 0 Å². The second-order valence-corrected chi connectivity index (χ2v) is 16.5. The smallest absolute Gasteiger partial charge is 0.462 e. The summed E-state index contributed by atoms with van der Waals surface area (Å²) in [6.07, 6.45) is 37.8. The number of phosphoric acid groups is 1. The molecule has 0 aromatic rings. The highest BCUT2D eigenvalue weighted by atomic mass is 31.2. The van der Waals surface area contributed by atoms with Crippen LogP contribution in [0.4, 0.5) is 0 Å². The van der Waals surface area contributed by atoms with Gasteiger partial charge in [-0.3, -0.25) is 18.6 Å². The fourth-order valence-electron chi connectivity index (χ4n) is 5.40. The zero-order chi connectivity index (χ0) is 38.6. The summed E-state index contributed by atoms with van der Waals surface area (Å²) in [6.45, 7) is 4.33. The third-order valence-corrected chi connectivity index (χ3v) is 9.67. The van der Waals surface area contributed by atoms with Crippen LogP contribution in [0.5, 0.6) is 0 Å². The molecule has 0 aromatic heterocycles. The molecule has 0 rings (SSSR count). The van der Waals surface area contributed by atoms with Crippen molar-refractivity contribution >= 4 is 19.8 Å². The van der Waals surface area contributed by atoms with Crippen LogP contribution in [0.25, 0.3) is 0 Å². The molecule has 0 radical (unpaired) electrons. The summed E-state index contributed by atoms with van der Waals surface area (Å²) in [4.78, 5) is 35.2. The van der Waals surface area contributed by atoms with Gasteiger partial charge in [0.2, 0.25) is 0 Å². The average molecular weight is 757 g/mol. The Morgan fingerprint density at radius 1 is 0.596 bits per heavy atom. The molecule has 0 aliphatic heterocycles. The highest BCUT2D eigenvalue weighted by Gasteiger charge is 2.27. The standard InChI is InChI=1S/C42H78NO8P/c1-6-8-10-12-14-16-18-19-20-21-22-23-25-27-29-31-33-35-42(45)51-40(39-50-52(46,47)49-37-36-43(3,4)5)38-48-41(44)34-32-30-28-26-24-17-15-13-11-9-7-2/h20-21,23,25,29,31,40H,6-19,22,24,26-28,30,32-39H2,1-5H3/p+1/b21-20-,25-23-,31-29-. The van der Waals surface area contributed by atoms with E-state index < -0.39 is 26.5 Å². The first kappa shape index (κ1) is 50.2. The van der Waals surface area contributed by atoms with Gasteiger partial charge in [0.15, 0.2) is 6.10 Å². The topological polar surface area (TPSA) is 108 Å². The molecule has 0 amide bonds. The van der Waals surface area contributed by atoms with Gasteiger partial charge in [0.1, 0.15) is 19.8 Å². The number of allylic oxidation sites excluding steroid dienone is 6. The van der Waals surface area contributed by atoms with E-state index in [9.17, 15) is 19.0 Å². The van der Waals surface area contributed by atoms with Crippen LogP contribution in [-0.2, 0) is 32.7 Å². The van der Waals surface area contributed by atoms with Gasteiger partial charge in [-0.15, -0.1) is 0 Å². The highest BCUT2D eigenvalue weighted by Crippen LogP contribution is 2.43. The first-order valence-electron chi connectivity index (χ1n) is 20.7. The molecule has 0 saturated carbocycles. The van der Waals surface area contributed by atoms with E-state index in [1.807, 2.05) is 33.3 Å². The number of esters is 2. The third kappa shape index (κ3) is 38.0. The Morgan fingerprint density at radius 2 is 1.08 bits per heavy atom. The van der Waals surface area contributed by atoms with Crippen molar-refractivity contribution in [3.8, 4) is 0 Å². The molecule has 2 unspecified atom stereocenters. The van der Waals surface area contributed by atoms with Crippen LogP contribution in [0.2, 0.25) is 0 Å². The second-order valence-electron chi connectivity index (χ2n) is 15.0. The summed E-state index contributed by atoms with van der Waals surface area (Å²) in [5, 5.41) is 0.